The Bertz CT molecular complexity index is 1650. The third-order valence-corrected chi connectivity index (χ3v) is 8.36. The first-order valence-corrected chi connectivity index (χ1v) is 13.2. The number of aromatic amines is 1. The van der Waals surface area contributed by atoms with Gasteiger partial charge in [-0.3, -0.25) is 9.78 Å². The number of H-pyrrole nitrogens is 1. The maximum Gasteiger partial charge on any atom is 0.311 e. The highest BCUT2D eigenvalue weighted by Crippen LogP contribution is 2.53. The van der Waals surface area contributed by atoms with Gasteiger partial charge in [0.2, 0.25) is 0 Å². The molecule has 2 atom stereocenters. The number of rotatable bonds is 5. The van der Waals surface area contributed by atoms with Crippen LogP contribution >= 0.6 is 0 Å². The third kappa shape index (κ3) is 3.60. The summed E-state index contributed by atoms with van der Waals surface area (Å²) in [5.41, 5.74) is 4.01. The summed E-state index contributed by atoms with van der Waals surface area (Å²) in [6.45, 7) is 2.23. The summed E-state index contributed by atoms with van der Waals surface area (Å²) in [7, 11) is 0. The highest BCUT2D eigenvalue weighted by Gasteiger charge is 2.49. The Balaban J connectivity index is 1.45. The lowest BCUT2D eigenvalue weighted by atomic mass is 9.61. The van der Waals surface area contributed by atoms with Crippen molar-refractivity contribution < 1.29 is 13.9 Å². The van der Waals surface area contributed by atoms with Gasteiger partial charge in [-0.1, -0.05) is 0 Å². The molecule has 3 aliphatic carbocycles. The van der Waals surface area contributed by atoms with Gasteiger partial charge in [-0.25, -0.2) is 19.3 Å². The van der Waals surface area contributed by atoms with E-state index in [-0.39, 0.29) is 17.9 Å². The molecule has 0 aromatic carbocycles. The van der Waals surface area contributed by atoms with Crippen molar-refractivity contribution in [1.29, 1.82) is 0 Å². The van der Waals surface area contributed by atoms with E-state index < -0.39 is 5.82 Å². The summed E-state index contributed by atoms with van der Waals surface area (Å²) in [5, 5.41) is 1.52. The molecule has 1 N–H and O–H groups in total. The number of nitrogens with zero attached hydrogens (tertiary/aromatic N) is 5. The van der Waals surface area contributed by atoms with Crippen LogP contribution in [0.3, 0.4) is 0 Å². The minimum atomic E-state index is -0.418. The predicted molar refractivity (Wildman–Crippen MR) is 140 cm³/mol. The minimum Gasteiger partial charge on any atom is -0.466 e. The van der Waals surface area contributed by atoms with E-state index in [1.54, 1.807) is 18.6 Å². The van der Waals surface area contributed by atoms with Gasteiger partial charge >= 0.3 is 5.97 Å². The molecule has 3 aliphatic rings. The number of carbonyl (C=O) groups is 1. The maximum absolute atomic E-state index is 14.1. The van der Waals surface area contributed by atoms with E-state index in [0.29, 0.717) is 40.9 Å². The van der Waals surface area contributed by atoms with Crippen molar-refractivity contribution in [2.24, 2.45) is 17.8 Å². The largest absolute Gasteiger partial charge is 0.466 e. The van der Waals surface area contributed by atoms with E-state index >= 15 is 0 Å². The van der Waals surface area contributed by atoms with E-state index in [4.69, 9.17) is 14.7 Å². The fourth-order valence-corrected chi connectivity index (χ4v) is 6.70. The predicted octanol–water partition coefficient (Wildman–Crippen LogP) is 5.72. The summed E-state index contributed by atoms with van der Waals surface area (Å²) >= 11 is 0. The average Bonchev–Trinajstić information content (AvgIpc) is 3.55. The lowest BCUT2D eigenvalue weighted by Gasteiger charge is -2.47. The summed E-state index contributed by atoms with van der Waals surface area (Å²) < 4.78 is 21.8. The summed E-state index contributed by atoms with van der Waals surface area (Å²) in [6.07, 6.45) is 14.7. The number of hydrogen-bond donors (Lipinski definition) is 1. The molecule has 3 saturated carbocycles. The molecule has 0 unspecified atom stereocenters. The van der Waals surface area contributed by atoms with E-state index in [1.807, 2.05) is 25.3 Å². The standard InChI is InChI=1S/C29H27FN6O2/c1-2-38-29(37)24-17-3-5-18(6-4-17)25(24)36-15-23(16-7-9-31-10-8-16)22-14-34-27(35-28(22)36)21-13-33-26-20(21)11-19(30)12-32-26/h7-15,17-18,24-25H,2-6H2,1H3,(H,32,33)/t17?,18?,24-,25-/m1/s1. The van der Waals surface area contributed by atoms with Crippen LogP contribution in [0.2, 0.25) is 0 Å². The molecule has 5 aromatic rings. The number of carbonyl (C=O) groups excluding carboxylic acids is 1. The van der Waals surface area contributed by atoms with Gasteiger partial charge in [0.1, 0.15) is 17.1 Å². The Labute approximate surface area is 218 Å². The number of fused-ring (bicyclic) bond motifs is 5. The van der Waals surface area contributed by atoms with Crippen LogP contribution in [0.25, 0.3) is 44.6 Å². The van der Waals surface area contributed by atoms with Crippen LogP contribution in [0.1, 0.15) is 38.6 Å². The van der Waals surface area contributed by atoms with E-state index in [0.717, 1.165) is 47.8 Å². The number of hydrogen-bond acceptors (Lipinski definition) is 6. The zero-order valence-corrected chi connectivity index (χ0v) is 21.0. The Kier molecular flexibility index (Phi) is 5.45. The first-order chi connectivity index (χ1) is 18.6. The van der Waals surface area contributed by atoms with E-state index in [1.165, 1.54) is 12.3 Å². The normalized spacial score (nSPS) is 22.8. The van der Waals surface area contributed by atoms with E-state index in [2.05, 4.69) is 25.7 Å². The number of aromatic nitrogens is 6. The van der Waals surface area contributed by atoms with Crippen LogP contribution in [-0.4, -0.2) is 42.1 Å². The summed E-state index contributed by atoms with van der Waals surface area (Å²) in [5.74, 6) is 0.387. The first-order valence-electron chi connectivity index (χ1n) is 13.2. The molecule has 0 amide bonds. The monoisotopic (exact) mass is 510 g/mol. The van der Waals surface area contributed by atoms with Gasteiger partial charge in [-0.05, 0) is 68.2 Å². The van der Waals surface area contributed by atoms with Crippen LogP contribution in [-0.2, 0) is 9.53 Å². The number of nitrogens with one attached hydrogen (secondary N) is 1. The molecule has 5 aromatic heterocycles. The molecule has 3 fully saturated rings. The number of pyridine rings is 2. The Hall–Kier alpha value is -4.14. The van der Waals surface area contributed by atoms with Gasteiger partial charge in [0.25, 0.3) is 0 Å². The Morgan fingerprint density at radius 3 is 2.66 bits per heavy atom. The van der Waals surface area contributed by atoms with Crippen molar-refractivity contribution in [3.63, 3.8) is 0 Å². The van der Waals surface area contributed by atoms with Crippen molar-refractivity contribution in [2.45, 2.75) is 38.6 Å². The molecule has 8 nitrogen and oxygen atoms in total. The van der Waals surface area contributed by atoms with Crippen LogP contribution in [0.4, 0.5) is 4.39 Å². The second kappa shape index (κ2) is 9.01. The van der Waals surface area contributed by atoms with Crippen LogP contribution in [0, 0.1) is 23.6 Å². The molecular weight excluding hydrogens is 483 g/mol. The second-order valence-corrected chi connectivity index (χ2v) is 10.3. The van der Waals surface area contributed by atoms with Gasteiger partial charge in [-0.15, -0.1) is 0 Å². The Morgan fingerprint density at radius 2 is 1.87 bits per heavy atom. The molecule has 0 radical (unpaired) electrons. The lowest BCUT2D eigenvalue weighted by molar-refractivity contribution is -0.157. The third-order valence-electron chi connectivity index (χ3n) is 8.36. The van der Waals surface area contributed by atoms with Crippen molar-refractivity contribution in [2.75, 3.05) is 6.61 Å². The molecule has 5 heterocycles. The molecule has 2 bridgehead atoms. The fraction of sp³-hybridized carbons (Fsp3) is 0.345. The molecular formula is C29H27FN6O2. The molecule has 0 aliphatic heterocycles. The average molecular weight is 511 g/mol. The van der Waals surface area contributed by atoms with Gasteiger partial charge in [0, 0.05) is 52.9 Å². The lowest BCUT2D eigenvalue weighted by Crippen LogP contribution is -2.45. The van der Waals surface area contributed by atoms with Crippen molar-refractivity contribution in [3.8, 4) is 22.5 Å². The smallest absolute Gasteiger partial charge is 0.311 e. The summed E-state index contributed by atoms with van der Waals surface area (Å²) in [4.78, 5) is 34.5. The maximum atomic E-state index is 14.1. The van der Waals surface area contributed by atoms with Gasteiger partial charge in [0.15, 0.2) is 5.82 Å². The van der Waals surface area contributed by atoms with Crippen molar-refractivity contribution in [3.05, 3.63) is 61.2 Å². The number of halogens is 1. The zero-order valence-electron chi connectivity index (χ0n) is 21.0. The van der Waals surface area contributed by atoms with Crippen LogP contribution < -0.4 is 0 Å². The van der Waals surface area contributed by atoms with Gasteiger partial charge in [-0.2, -0.15) is 0 Å². The molecule has 9 heteroatoms. The molecule has 0 spiro atoms. The number of ether oxygens (including phenoxy) is 1. The fourth-order valence-electron chi connectivity index (χ4n) is 6.70. The molecule has 192 valence electrons. The number of esters is 1. The molecule has 0 saturated heterocycles. The summed E-state index contributed by atoms with van der Waals surface area (Å²) in [6, 6.07) is 5.33. The highest BCUT2D eigenvalue weighted by atomic mass is 19.1. The molecule has 8 rings (SSSR count). The van der Waals surface area contributed by atoms with Crippen LogP contribution in [0.5, 0.6) is 0 Å². The van der Waals surface area contributed by atoms with Gasteiger partial charge < -0.3 is 14.3 Å². The van der Waals surface area contributed by atoms with E-state index in [9.17, 15) is 9.18 Å². The minimum absolute atomic E-state index is 0.0514. The topological polar surface area (TPSA) is 98.6 Å². The molecule has 38 heavy (non-hydrogen) atoms. The van der Waals surface area contributed by atoms with Crippen molar-refractivity contribution >= 4 is 28.0 Å². The highest BCUT2D eigenvalue weighted by molar-refractivity contribution is 5.96. The second-order valence-electron chi connectivity index (χ2n) is 10.3. The quantitative estimate of drug-likeness (QED) is 0.304. The SMILES string of the molecule is CCOC(=O)[C@@H]1C2CCC(CC2)[C@H]1n1cc(-c2ccncc2)c2cnc(-c3c[nH]c4ncc(F)cc34)nc21. The Morgan fingerprint density at radius 1 is 1.08 bits per heavy atom. The zero-order chi connectivity index (χ0) is 25.8. The van der Waals surface area contributed by atoms with Crippen molar-refractivity contribution in [1.82, 2.24) is 29.5 Å². The van der Waals surface area contributed by atoms with Crippen LogP contribution in [0.15, 0.2) is 55.4 Å². The van der Waals surface area contributed by atoms with Gasteiger partial charge in [0.05, 0.1) is 24.8 Å². The first kappa shape index (κ1) is 23.0.